The van der Waals surface area contributed by atoms with Crippen LogP contribution < -0.4 is 14.5 Å². The first kappa shape index (κ1) is 36.3. The van der Waals surface area contributed by atoms with E-state index in [-0.39, 0.29) is 49.3 Å². The highest BCUT2D eigenvalue weighted by atomic mass is 16.5. The molecule has 3 fully saturated rings. The molecule has 3 saturated heterocycles. The summed E-state index contributed by atoms with van der Waals surface area (Å²) in [7, 11) is 0. The highest BCUT2D eigenvalue weighted by Crippen LogP contribution is 2.66. The molecule has 1 spiro atoms. The minimum atomic E-state index is -1.29. The number of aliphatic hydroxyl groups excluding tert-OH is 1. The maximum Gasteiger partial charge on any atom is 0.253 e. The molecule has 9 nitrogen and oxygen atoms in total. The molecule has 2 bridgehead atoms. The summed E-state index contributed by atoms with van der Waals surface area (Å²) < 4.78 is 12.7. The van der Waals surface area contributed by atoms with E-state index in [1.54, 1.807) is 26.9 Å². The molecule has 0 radical (unpaired) electrons. The number of hydrogen-bond acceptors (Lipinski definition) is 6. The van der Waals surface area contributed by atoms with Crippen molar-refractivity contribution in [3.63, 3.8) is 0 Å². The molecule has 0 aliphatic carbocycles. The van der Waals surface area contributed by atoms with E-state index in [1.807, 2.05) is 101 Å². The molecule has 3 unspecified atom stereocenters. The molecular weight excluding hydrogens is 642 g/mol. The smallest absolute Gasteiger partial charge is 0.253 e. The Bertz CT molecular complexity index is 1810. The molecular formula is C42H51N3O6. The number of amides is 3. The summed E-state index contributed by atoms with van der Waals surface area (Å²) in [6.45, 7) is 18.3. The monoisotopic (exact) mass is 693 g/mol. The van der Waals surface area contributed by atoms with Gasteiger partial charge in [-0.2, -0.15) is 0 Å². The zero-order chi connectivity index (χ0) is 36.7. The summed E-state index contributed by atoms with van der Waals surface area (Å²) in [6, 6.07) is 19.4. The molecule has 3 amide bonds. The summed E-state index contributed by atoms with van der Waals surface area (Å²) in [5, 5.41) is 12.9. The van der Waals surface area contributed by atoms with Crippen LogP contribution in [0.5, 0.6) is 5.75 Å². The molecule has 51 heavy (non-hydrogen) atoms. The molecule has 3 heterocycles. The number of benzene rings is 3. The van der Waals surface area contributed by atoms with Gasteiger partial charge in [0, 0.05) is 24.5 Å². The van der Waals surface area contributed by atoms with Gasteiger partial charge in [0.05, 0.1) is 36.7 Å². The quantitative estimate of drug-likeness (QED) is 0.197. The van der Waals surface area contributed by atoms with E-state index in [4.69, 9.17) is 9.47 Å². The number of aliphatic hydroxyl groups is 1. The lowest BCUT2D eigenvalue weighted by Crippen LogP contribution is -2.60. The Morgan fingerprint density at radius 2 is 1.63 bits per heavy atom. The first-order chi connectivity index (χ1) is 24.5. The first-order valence-electron chi connectivity index (χ1n) is 18.2. The number of likely N-dealkylation sites (tertiary alicyclic amines) is 1. The maximum atomic E-state index is 15.3. The molecule has 3 aromatic rings. The van der Waals surface area contributed by atoms with E-state index >= 15 is 14.4 Å². The van der Waals surface area contributed by atoms with Crippen LogP contribution in [0.2, 0.25) is 0 Å². The highest BCUT2D eigenvalue weighted by Gasteiger charge is 2.80. The van der Waals surface area contributed by atoms with Gasteiger partial charge in [-0.1, -0.05) is 69.7 Å². The fourth-order valence-corrected chi connectivity index (χ4v) is 8.96. The van der Waals surface area contributed by atoms with Crippen molar-refractivity contribution in [2.45, 2.75) is 70.7 Å². The zero-order valence-corrected chi connectivity index (χ0v) is 30.5. The van der Waals surface area contributed by atoms with E-state index in [0.29, 0.717) is 36.6 Å². The third kappa shape index (κ3) is 5.84. The van der Waals surface area contributed by atoms with Crippen molar-refractivity contribution in [2.24, 2.45) is 23.7 Å². The van der Waals surface area contributed by atoms with Gasteiger partial charge < -0.3 is 29.3 Å². The Kier molecular flexibility index (Phi) is 10.2. The Labute approximate surface area is 301 Å². The topological polar surface area (TPSA) is 99.6 Å². The summed E-state index contributed by atoms with van der Waals surface area (Å²) in [6.07, 6.45) is 4.44. The number of rotatable bonds is 14. The number of nitrogens with zero attached hydrogens (tertiary/aromatic N) is 3. The van der Waals surface area contributed by atoms with Crippen molar-refractivity contribution in [3.8, 4) is 5.75 Å². The third-order valence-corrected chi connectivity index (χ3v) is 11.8. The van der Waals surface area contributed by atoms with E-state index in [1.165, 1.54) is 0 Å². The number of fused-ring (bicyclic) bond motifs is 2. The fourth-order valence-electron chi connectivity index (χ4n) is 8.96. The summed E-state index contributed by atoms with van der Waals surface area (Å²) in [4.78, 5) is 50.4. The second-order valence-electron chi connectivity index (χ2n) is 14.5. The zero-order valence-electron chi connectivity index (χ0n) is 30.5. The van der Waals surface area contributed by atoms with Crippen LogP contribution in [-0.2, 0) is 19.1 Å². The average Bonchev–Trinajstić information content (AvgIpc) is 3.65. The van der Waals surface area contributed by atoms with Crippen molar-refractivity contribution < 1.29 is 29.0 Å². The third-order valence-electron chi connectivity index (χ3n) is 11.8. The van der Waals surface area contributed by atoms with Crippen LogP contribution in [0.4, 0.5) is 11.4 Å². The predicted octanol–water partition coefficient (Wildman–Crippen LogP) is 6.39. The van der Waals surface area contributed by atoms with Crippen LogP contribution in [0.25, 0.3) is 10.8 Å². The largest absolute Gasteiger partial charge is 0.494 e. The van der Waals surface area contributed by atoms with Gasteiger partial charge in [0.1, 0.15) is 17.4 Å². The molecule has 9 heteroatoms. The number of anilines is 2. The highest BCUT2D eigenvalue weighted by molar-refractivity contribution is 6.07. The lowest BCUT2D eigenvalue weighted by atomic mass is 9.62. The average molecular weight is 694 g/mol. The SMILES string of the molecule is C=CCN(C(=O)C1N([C@@H](CO)[C@@H](C)CC)C(=O)[C@@H]2[C@H](C(=O)N(CC=C)c3ccc(OCC)cc3)[C@@]3(C)OC12CC3C)c1ccc2ccccc2c1. The molecule has 0 aromatic heterocycles. The van der Waals surface area contributed by atoms with Crippen molar-refractivity contribution in [1.82, 2.24) is 4.90 Å². The fraction of sp³-hybridized carbons (Fsp3) is 0.452. The lowest BCUT2D eigenvalue weighted by molar-refractivity contribution is -0.150. The van der Waals surface area contributed by atoms with Crippen LogP contribution in [-0.4, -0.2) is 77.3 Å². The number of carbonyl (C=O) groups excluding carboxylic acids is 3. The standard InChI is InChI=1S/C42H51N3O6/c1-8-22-43(31-18-20-33(21-19-31)50-11-4)38(47)35-36-39(48)45(34(26-46)27(5)10-3)37(42(36)25-28(6)41(35,7)51-42)40(49)44(23-9-2)32-17-16-29-14-12-13-15-30(29)24-32/h8-9,12-21,24,27-28,34-37,46H,1-2,10-11,22-23,25-26H2,3-7H3/t27-,28?,34-,35+,36-,37?,41-,42?/m0/s1. The number of carbonyl (C=O) groups is 3. The number of hydrogen-bond donors (Lipinski definition) is 1. The van der Waals surface area contributed by atoms with Gasteiger partial charge in [-0.3, -0.25) is 14.4 Å². The van der Waals surface area contributed by atoms with Crippen LogP contribution in [0, 0.1) is 23.7 Å². The van der Waals surface area contributed by atoms with Crippen molar-refractivity contribution in [2.75, 3.05) is 36.1 Å². The van der Waals surface area contributed by atoms with Gasteiger partial charge in [-0.25, -0.2) is 0 Å². The Hall–Kier alpha value is -4.47. The minimum absolute atomic E-state index is 0.126. The van der Waals surface area contributed by atoms with Gasteiger partial charge in [-0.15, -0.1) is 13.2 Å². The van der Waals surface area contributed by atoms with E-state index < -0.39 is 35.1 Å². The molecule has 8 atom stereocenters. The van der Waals surface area contributed by atoms with E-state index in [2.05, 4.69) is 13.2 Å². The number of ether oxygens (including phenoxy) is 2. The van der Waals surface area contributed by atoms with Crippen molar-refractivity contribution >= 4 is 39.9 Å². The summed E-state index contributed by atoms with van der Waals surface area (Å²) in [5.41, 5.74) is -1.00. The van der Waals surface area contributed by atoms with Gasteiger partial charge in [0.15, 0.2) is 0 Å². The van der Waals surface area contributed by atoms with Crippen LogP contribution in [0.1, 0.15) is 47.5 Å². The molecule has 3 aliphatic heterocycles. The van der Waals surface area contributed by atoms with E-state index in [9.17, 15) is 5.11 Å². The second kappa shape index (κ2) is 14.3. The maximum absolute atomic E-state index is 15.3. The van der Waals surface area contributed by atoms with Gasteiger partial charge in [0.25, 0.3) is 5.91 Å². The Morgan fingerprint density at radius 1 is 1.00 bits per heavy atom. The molecule has 6 rings (SSSR count). The molecule has 270 valence electrons. The van der Waals surface area contributed by atoms with Crippen LogP contribution in [0.15, 0.2) is 92.0 Å². The predicted molar refractivity (Wildman–Crippen MR) is 201 cm³/mol. The molecule has 0 saturated carbocycles. The van der Waals surface area contributed by atoms with Gasteiger partial charge in [0.2, 0.25) is 11.8 Å². The Balaban J connectivity index is 1.48. The molecule has 3 aromatic carbocycles. The lowest BCUT2D eigenvalue weighted by Gasteiger charge is -2.41. The second-order valence-corrected chi connectivity index (χ2v) is 14.5. The van der Waals surface area contributed by atoms with Crippen molar-refractivity contribution in [3.05, 3.63) is 92.0 Å². The Morgan fingerprint density at radius 3 is 2.24 bits per heavy atom. The van der Waals surface area contributed by atoms with Crippen LogP contribution >= 0.6 is 0 Å². The van der Waals surface area contributed by atoms with Crippen LogP contribution in [0.3, 0.4) is 0 Å². The summed E-state index contributed by atoms with van der Waals surface area (Å²) in [5.74, 6) is -2.32. The molecule has 3 aliphatic rings. The normalized spacial score (nSPS) is 27.6. The molecule has 1 N–H and O–H groups in total. The summed E-state index contributed by atoms with van der Waals surface area (Å²) >= 11 is 0. The van der Waals surface area contributed by atoms with Gasteiger partial charge in [-0.05, 0) is 79.3 Å². The van der Waals surface area contributed by atoms with Crippen molar-refractivity contribution in [1.29, 1.82) is 0 Å². The van der Waals surface area contributed by atoms with Gasteiger partial charge >= 0.3 is 0 Å². The minimum Gasteiger partial charge on any atom is -0.494 e. The first-order valence-corrected chi connectivity index (χ1v) is 18.2. The van der Waals surface area contributed by atoms with E-state index in [0.717, 1.165) is 10.8 Å².